The highest BCUT2D eigenvalue weighted by atomic mass is 32.2. The lowest BCUT2D eigenvalue weighted by atomic mass is 10.1. The Hall–Kier alpha value is -2.16. The van der Waals surface area contributed by atoms with Gasteiger partial charge in [-0.15, -0.1) is 0 Å². The SMILES string of the molecule is CC(C)CN1C(=O)C(=Cc2c(N3CCN(C)CC3)c3ccccc3n(C)c2=O)SC1=S. The van der Waals surface area contributed by atoms with Gasteiger partial charge in [0, 0.05) is 45.2 Å². The number of carbonyl (C=O) groups excluding carboxylic acids is 1. The molecule has 0 saturated carbocycles. The van der Waals surface area contributed by atoms with Crippen molar-refractivity contribution in [3.05, 3.63) is 45.1 Å². The summed E-state index contributed by atoms with van der Waals surface area (Å²) in [5.74, 6) is 0.208. The molecule has 0 unspecified atom stereocenters. The van der Waals surface area contributed by atoms with Gasteiger partial charge in [0.15, 0.2) is 0 Å². The highest BCUT2D eigenvalue weighted by Crippen LogP contribution is 2.36. The van der Waals surface area contributed by atoms with Crippen molar-refractivity contribution in [2.75, 3.05) is 44.7 Å². The molecule has 2 aliphatic heterocycles. The van der Waals surface area contributed by atoms with Crippen LogP contribution in [0.5, 0.6) is 0 Å². The average Bonchev–Trinajstić information content (AvgIpc) is 3.00. The molecule has 2 fully saturated rings. The lowest BCUT2D eigenvalue weighted by Gasteiger charge is -2.35. The van der Waals surface area contributed by atoms with Gasteiger partial charge >= 0.3 is 0 Å². The lowest BCUT2D eigenvalue weighted by molar-refractivity contribution is -0.122. The molecule has 2 saturated heterocycles. The van der Waals surface area contributed by atoms with E-state index < -0.39 is 0 Å². The van der Waals surface area contributed by atoms with E-state index in [0.29, 0.717) is 27.3 Å². The topological polar surface area (TPSA) is 48.8 Å². The van der Waals surface area contributed by atoms with Crippen molar-refractivity contribution < 1.29 is 4.79 Å². The maximum atomic E-state index is 13.5. The molecule has 1 aromatic heterocycles. The Balaban J connectivity index is 1.88. The summed E-state index contributed by atoms with van der Waals surface area (Å²) in [4.78, 5) is 33.3. The zero-order chi connectivity index (χ0) is 22.3. The van der Waals surface area contributed by atoms with E-state index in [2.05, 4.69) is 36.8 Å². The number of aromatic nitrogens is 1. The van der Waals surface area contributed by atoms with E-state index in [9.17, 15) is 9.59 Å². The summed E-state index contributed by atoms with van der Waals surface area (Å²) in [6, 6.07) is 7.98. The summed E-state index contributed by atoms with van der Waals surface area (Å²) in [5, 5.41) is 1.03. The maximum absolute atomic E-state index is 13.5. The molecule has 6 nitrogen and oxygen atoms in total. The zero-order valence-corrected chi connectivity index (χ0v) is 20.1. The largest absolute Gasteiger partial charge is 0.368 e. The van der Waals surface area contributed by atoms with Crippen LogP contribution in [0.25, 0.3) is 17.0 Å². The van der Waals surface area contributed by atoms with Crippen LogP contribution in [0.1, 0.15) is 19.4 Å². The van der Waals surface area contributed by atoms with Crippen LogP contribution in [0, 0.1) is 5.92 Å². The van der Waals surface area contributed by atoms with Crippen LogP contribution in [0.15, 0.2) is 34.0 Å². The molecule has 2 aliphatic rings. The quantitative estimate of drug-likeness (QED) is 0.520. The van der Waals surface area contributed by atoms with E-state index in [0.717, 1.165) is 42.8 Å². The Morgan fingerprint density at radius 2 is 1.77 bits per heavy atom. The summed E-state index contributed by atoms with van der Waals surface area (Å²) < 4.78 is 2.24. The van der Waals surface area contributed by atoms with Gasteiger partial charge in [0.1, 0.15) is 4.32 Å². The Bertz CT molecular complexity index is 1130. The number of anilines is 1. The number of fused-ring (bicyclic) bond motifs is 1. The molecule has 31 heavy (non-hydrogen) atoms. The van der Waals surface area contributed by atoms with E-state index in [1.807, 2.05) is 18.2 Å². The minimum absolute atomic E-state index is 0.0956. The molecule has 0 radical (unpaired) electrons. The van der Waals surface area contributed by atoms with E-state index in [1.165, 1.54) is 11.8 Å². The third-order valence-electron chi connectivity index (χ3n) is 5.83. The minimum Gasteiger partial charge on any atom is -0.368 e. The van der Waals surface area contributed by atoms with Crippen molar-refractivity contribution in [3.63, 3.8) is 0 Å². The number of thiocarbonyl (C=S) groups is 1. The lowest BCUT2D eigenvalue weighted by Crippen LogP contribution is -2.45. The number of pyridine rings is 1. The van der Waals surface area contributed by atoms with Crippen molar-refractivity contribution in [1.82, 2.24) is 14.4 Å². The van der Waals surface area contributed by atoms with Crippen molar-refractivity contribution >= 4 is 56.9 Å². The van der Waals surface area contributed by atoms with Crippen LogP contribution in [-0.2, 0) is 11.8 Å². The number of aryl methyl sites for hydroxylation is 1. The summed E-state index contributed by atoms with van der Waals surface area (Å²) in [5.41, 5.74) is 2.28. The summed E-state index contributed by atoms with van der Waals surface area (Å²) in [6.07, 6.45) is 1.77. The molecular weight excluding hydrogens is 428 g/mol. The number of amides is 1. The number of rotatable bonds is 4. The highest BCUT2D eigenvalue weighted by Gasteiger charge is 2.33. The first kappa shape index (κ1) is 22.0. The molecule has 164 valence electrons. The van der Waals surface area contributed by atoms with E-state index in [1.54, 1.807) is 22.6 Å². The van der Waals surface area contributed by atoms with Gasteiger partial charge in [-0.3, -0.25) is 14.5 Å². The fourth-order valence-electron chi connectivity index (χ4n) is 4.16. The zero-order valence-electron chi connectivity index (χ0n) is 18.4. The summed E-state index contributed by atoms with van der Waals surface area (Å²) in [6.45, 7) is 8.24. The second-order valence-corrected chi connectivity index (χ2v) is 10.3. The Morgan fingerprint density at radius 1 is 1.10 bits per heavy atom. The number of carbonyl (C=O) groups is 1. The Kier molecular flexibility index (Phi) is 6.23. The number of thioether (sulfide) groups is 1. The fourth-order valence-corrected chi connectivity index (χ4v) is 5.41. The number of piperazine rings is 1. The van der Waals surface area contributed by atoms with Crippen LogP contribution in [0.2, 0.25) is 0 Å². The molecule has 0 spiro atoms. The second-order valence-electron chi connectivity index (χ2n) is 8.62. The third kappa shape index (κ3) is 4.16. The molecular formula is C23H28N4O2S2. The standard InChI is InChI=1S/C23H28N4O2S2/c1-15(2)14-27-22(29)19(31-23(27)30)13-17-20(26-11-9-24(3)10-12-26)16-7-5-6-8-18(16)25(4)21(17)28/h5-8,13,15H,9-12,14H2,1-4H3. The first-order valence-corrected chi connectivity index (χ1v) is 11.8. The molecule has 1 amide bonds. The predicted molar refractivity (Wildman–Crippen MR) is 134 cm³/mol. The van der Waals surface area contributed by atoms with E-state index in [-0.39, 0.29) is 11.5 Å². The maximum Gasteiger partial charge on any atom is 0.266 e. The molecule has 0 atom stereocenters. The second kappa shape index (κ2) is 8.76. The smallest absolute Gasteiger partial charge is 0.266 e. The van der Waals surface area contributed by atoms with Crippen LogP contribution < -0.4 is 10.5 Å². The van der Waals surface area contributed by atoms with Crippen molar-refractivity contribution in [3.8, 4) is 0 Å². The van der Waals surface area contributed by atoms with Crippen molar-refractivity contribution in [1.29, 1.82) is 0 Å². The number of para-hydroxylation sites is 1. The fraction of sp³-hybridized carbons (Fsp3) is 0.435. The molecule has 3 heterocycles. The van der Waals surface area contributed by atoms with Crippen LogP contribution in [0.3, 0.4) is 0 Å². The van der Waals surface area contributed by atoms with Gasteiger partial charge in [-0.05, 0) is 25.1 Å². The molecule has 8 heteroatoms. The van der Waals surface area contributed by atoms with E-state index >= 15 is 0 Å². The molecule has 4 rings (SSSR count). The normalized spacial score (nSPS) is 19.5. The molecule has 0 N–H and O–H groups in total. The van der Waals surface area contributed by atoms with Gasteiger partial charge in [0.25, 0.3) is 11.5 Å². The minimum atomic E-state index is -0.108. The number of benzene rings is 1. The monoisotopic (exact) mass is 456 g/mol. The summed E-state index contributed by atoms with van der Waals surface area (Å²) >= 11 is 6.75. The first-order chi connectivity index (χ1) is 14.8. The van der Waals surface area contributed by atoms with Crippen LogP contribution >= 0.6 is 24.0 Å². The first-order valence-electron chi connectivity index (χ1n) is 10.6. The number of likely N-dealkylation sites (N-methyl/N-ethyl adjacent to an activating group) is 1. The molecule has 0 aliphatic carbocycles. The third-order valence-corrected chi connectivity index (χ3v) is 7.20. The number of hydrogen-bond donors (Lipinski definition) is 0. The van der Waals surface area contributed by atoms with Gasteiger partial charge in [-0.25, -0.2) is 0 Å². The van der Waals surface area contributed by atoms with Gasteiger partial charge in [-0.1, -0.05) is 56.0 Å². The van der Waals surface area contributed by atoms with Gasteiger partial charge in [-0.2, -0.15) is 0 Å². The van der Waals surface area contributed by atoms with Crippen molar-refractivity contribution in [2.24, 2.45) is 13.0 Å². The highest BCUT2D eigenvalue weighted by molar-refractivity contribution is 8.26. The summed E-state index contributed by atoms with van der Waals surface area (Å²) in [7, 11) is 3.90. The number of nitrogens with zero attached hydrogens (tertiary/aromatic N) is 4. The van der Waals surface area contributed by atoms with Crippen LogP contribution in [-0.4, -0.2) is 64.4 Å². The Labute approximate surface area is 192 Å². The van der Waals surface area contributed by atoms with Crippen molar-refractivity contribution in [2.45, 2.75) is 13.8 Å². The number of hydrogen-bond acceptors (Lipinski definition) is 6. The molecule has 1 aromatic carbocycles. The molecule has 0 bridgehead atoms. The van der Waals surface area contributed by atoms with Gasteiger partial charge in [0.05, 0.1) is 21.7 Å². The predicted octanol–water partition coefficient (Wildman–Crippen LogP) is 3.15. The Morgan fingerprint density at radius 3 is 2.45 bits per heavy atom. The van der Waals surface area contributed by atoms with Gasteiger partial charge < -0.3 is 14.4 Å². The molecule has 2 aromatic rings. The van der Waals surface area contributed by atoms with Gasteiger partial charge in [0.2, 0.25) is 0 Å². The van der Waals surface area contributed by atoms with E-state index in [4.69, 9.17) is 12.2 Å². The van der Waals surface area contributed by atoms with Crippen LogP contribution in [0.4, 0.5) is 5.69 Å². The average molecular weight is 457 g/mol.